The number of hydrogen-bond acceptors (Lipinski definition) is 3. The summed E-state index contributed by atoms with van der Waals surface area (Å²) in [5.41, 5.74) is 1.33. The van der Waals surface area contributed by atoms with E-state index in [9.17, 15) is 0 Å². The van der Waals surface area contributed by atoms with Crippen LogP contribution in [0.5, 0.6) is 0 Å². The van der Waals surface area contributed by atoms with E-state index in [1.807, 2.05) is 0 Å². The van der Waals surface area contributed by atoms with Gasteiger partial charge >= 0.3 is 0 Å². The number of hydrogen-bond donors (Lipinski definition) is 2. The number of aromatic nitrogens is 3. The van der Waals surface area contributed by atoms with Crippen molar-refractivity contribution >= 4 is 29.9 Å². The van der Waals surface area contributed by atoms with Crippen LogP contribution in [-0.4, -0.2) is 39.9 Å². The second-order valence-electron chi connectivity index (χ2n) is 6.81. The van der Waals surface area contributed by atoms with Crippen LogP contribution in [0.4, 0.5) is 0 Å². The first-order chi connectivity index (χ1) is 12.8. The number of aryl methyl sites for hydroxylation is 1. The van der Waals surface area contributed by atoms with Crippen molar-refractivity contribution in [3.63, 3.8) is 0 Å². The van der Waals surface area contributed by atoms with E-state index >= 15 is 0 Å². The fourth-order valence-corrected chi connectivity index (χ4v) is 3.39. The molecule has 2 N–H and O–H groups in total. The van der Waals surface area contributed by atoms with Crippen LogP contribution < -0.4 is 10.6 Å². The minimum absolute atomic E-state index is 0. The lowest BCUT2D eigenvalue weighted by molar-refractivity contribution is 0.593. The molecule has 0 amide bonds. The zero-order valence-electron chi connectivity index (χ0n) is 16.1. The van der Waals surface area contributed by atoms with Gasteiger partial charge in [0, 0.05) is 32.1 Å². The standard InChI is InChI=1S/C20H30N6.HI/c1-2-19-25-23-16-26(19)15-14-22-20(24-18-10-6-7-11-18)21-13-12-17-8-4-3-5-9-17;/h3-5,8-9,16,18H,2,6-7,10-15H2,1H3,(H2,21,22,24);1H. The van der Waals surface area contributed by atoms with Crippen molar-refractivity contribution in [2.24, 2.45) is 4.99 Å². The van der Waals surface area contributed by atoms with E-state index in [0.29, 0.717) is 6.04 Å². The SMILES string of the molecule is CCc1nncn1CCNC(=NCCc1ccccc1)NC1CCCC1.I. The fraction of sp³-hybridized carbons (Fsp3) is 0.550. The van der Waals surface area contributed by atoms with E-state index in [-0.39, 0.29) is 24.0 Å². The van der Waals surface area contributed by atoms with E-state index in [1.54, 1.807) is 6.33 Å². The zero-order valence-corrected chi connectivity index (χ0v) is 18.4. The van der Waals surface area contributed by atoms with Gasteiger partial charge in [-0.15, -0.1) is 34.2 Å². The second-order valence-corrected chi connectivity index (χ2v) is 6.81. The van der Waals surface area contributed by atoms with Gasteiger partial charge < -0.3 is 15.2 Å². The predicted molar refractivity (Wildman–Crippen MR) is 121 cm³/mol. The molecule has 1 aliphatic carbocycles. The molecule has 0 aliphatic heterocycles. The molecule has 1 aromatic heterocycles. The highest BCUT2D eigenvalue weighted by Gasteiger charge is 2.16. The highest BCUT2D eigenvalue weighted by molar-refractivity contribution is 14.0. The normalized spacial score (nSPS) is 14.8. The topological polar surface area (TPSA) is 67.1 Å². The third-order valence-electron chi connectivity index (χ3n) is 4.87. The van der Waals surface area contributed by atoms with Crippen molar-refractivity contribution in [1.29, 1.82) is 0 Å². The Bertz CT molecular complexity index is 679. The first-order valence-corrected chi connectivity index (χ1v) is 9.80. The van der Waals surface area contributed by atoms with E-state index in [0.717, 1.165) is 44.3 Å². The highest BCUT2D eigenvalue weighted by atomic mass is 127. The van der Waals surface area contributed by atoms with Gasteiger partial charge in [-0.3, -0.25) is 4.99 Å². The summed E-state index contributed by atoms with van der Waals surface area (Å²) in [6.45, 7) is 4.56. The van der Waals surface area contributed by atoms with Gasteiger partial charge in [0.1, 0.15) is 12.2 Å². The molecule has 1 heterocycles. The summed E-state index contributed by atoms with van der Waals surface area (Å²) in [5, 5.41) is 15.2. The van der Waals surface area contributed by atoms with Crippen LogP contribution in [0.15, 0.2) is 41.7 Å². The van der Waals surface area contributed by atoms with E-state index in [4.69, 9.17) is 4.99 Å². The minimum atomic E-state index is 0. The van der Waals surface area contributed by atoms with Crippen molar-refractivity contribution in [1.82, 2.24) is 25.4 Å². The summed E-state index contributed by atoms with van der Waals surface area (Å²) in [6, 6.07) is 11.1. The molecule has 27 heavy (non-hydrogen) atoms. The lowest BCUT2D eigenvalue weighted by atomic mass is 10.2. The Kier molecular flexibility index (Phi) is 9.58. The Hall–Kier alpha value is -1.64. The molecular weight excluding hydrogens is 451 g/mol. The van der Waals surface area contributed by atoms with Crippen molar-refractivity contribution in [3.05, 3.63) is 48.0 Å². The molecular formula is C20H31IN6. The van der Waals surface area contributed by atoms with Crippen LogP contribution >= 0.6 is 24.0 Å². The molecule has 1 aliphatic rings. The molecule has 148 valence electrons. The number of rotatable bonds is 8. The number of nitrogens with one attached hydrogen (secondary N) is 2. The lowest BCUT2D eigenvalue weighted by Crippen LogP contribution is -2.43. The highest BCUT2D eigenvalue weighted by Crippen LogP contribution is 2.17. The molecule has 0 radical (unpaired) electrons. The molecule has 1 aromatic carbocycles. The predicted octanol–water partition coefficient (Wildman–Crippen LogP) is 3.18. The van der Waals surface area contributed by atoms with Crippen LogP contribution in [0.2, 0.25) is 0 Å². The van der Waals surface area contributed by atoms with Gasteiger partial charge in [0.2, 0.25) is 0 Å². The maximum Gasteiger partial charge on any atom is 0.191 e. The Labute approximate surface area is 179 Å². The molecule has 2 aromatic rings. The van der Waals surface area contributed by atoms with Crippen LogP contribution in [0, 0.1) is 0 Å². The first kappa shape index (κ1) is 21.7. The molecule has 0 atom stereocenters. The van der Waals surface area contributed by atoms with Crippen molar-refractivity contribution < 1.29 is 0 Å². The van der Waals surface area contributed by atoms with Gasteiger partial charge in [-0.05, 0) is 24.8 Å². The Morgan fingerprint density at radius 2 is 2.00 bits per heavy atom. The number of nitrogens with zero attached hydrogens (tertiary/aromatic N) is 4. The van der Waals surface area contributed by atoms with E-state index in [1.165, 1.54) is 31.2 Å². The number of benzene rings is 1. The van der Waals surface area contributed by atoms with Crippen LogP contribution in [0.1, 0.15) is 44.0 Å². The molecule has 7 heteroatoms. The van der Waals surface area contributed by atoms with Gasteiger partial charge in [-0.1, -0.05) is 50.1 Å². The molecule has 6 nitrogen and oxygen atoms in total. The lowest BCUT2D eigenvalue weighted by Gasteiger charge is -2.18. The van der Waals surface area contributed by atoms with Crippen molar-refractivity contribution in [2.45, 2.75) is 58.0 Å². The Morgan fingerprint density at radius 1 is 1.22 bits per heavy atom. The summed E-state index contributed by atoms with van der Waals surface area (Å²) < 4.78 is 2.10. The molecule has 3 rings (SSSR count). The van der Waals surface area contributed by atoms with Gasteiger partial charge in [0.15, 0.2) is 5.96 Å². The summed E-state index contributed by atoms with van der Waals surface area (Å²) in [7, 11) is 0. The molecule has 0 bridgehead atoms. The van der Waals surface area contributed by atoms with Gasteiger partial charge in [-0.25, -0.2) is 0 Å². The van der Waals surface area contributed by atoms with Crippen LogP contribution in [0.3, 0.4) is 0 Å². The third-order valence-corrected chi connectivity index (χ3v) is 4.87. The average Bonchev–Trinajstić information content (AvgIpc) is 3.34. The minimum Gasteiger partial charge on any atom is -0.355 e. The number of aliphatic imine (C=N–C) groups is 1. The Morgan fingerprint density at radius 3 is 2.74 bits per heavy atom. The van der Waals surface area contributed by atoms with Gasteiger partial charge in [-0.2, -0.15) is 0 Å². The average molecular weight is 482 g/mol. The molecule has 1 saturated carbocycles. The maximum absolute atomic E-state index is 4.80. The van der Waals surface area contributed by atoms with Gasteiger partial charge in [0.05, 0.1) is 0 Å². The summed E-state index contributed by atoms with van der Waals surface area (Å²) in [5.74, 6) is 1.96. The quantitative estimate of drug-likeness (QED) is 0.345. The van der Waals surface area contributed by atoms with E-state index < -0.39 is 0 Å². The second kappa shape index (κ2) is 11.9. The zero-order chi connectivity index (χ0) is 18.0. The Balaban J connectivity index is 0.00000261. The molecule has 0 saturated heterocycles. The first-order valence-electron chi connectivity index (χ1n) is 9.80. The van der Waals surface area contributed by atoms with Crippen molar-refractivity contribution in [3.8, 4) is 0 Å². The van der Waals surface area contributed by atoms with Crippen molar-refractivity contribution in [2.75, 3.05) is 13.1 Å². The molecule has 1 fully saturated rings. The van der Waals surface area contributed by atoms with Gasteiger partial charge in [0.25, 0.3) is 0 Å². The maximum atomic E-state index is 4.80. The monoisotopic (exact) mass is 482 g/mol. The fourth-order valence-electron chi connectivity index (χ4n) is 3.39. The molecule has 0 unspecified atom stereocenters. The number of halogens is 1. The van der Waals surface area contributed by atoms with Crippen LogP contribution in [-0.2, 0) is 19.4 Å². The summed E-state index contributed by atoms with van der Waals surface area (Å²) in [4.78, 5) is 4.80. The molecule has 0 spiro atoms. The largest absolute Gasteiger partial charge is 0.355 e. The summed E-state index contributed by atoms with van der Waals surface area (Å²) in [6.07, 6.45) is 8.78. The van der Waals surface area contributed by atoms with E-state index in [2.05, 4.69) is 62.7 Å². The third kappa shape index (κ3) is 7.12. The summed E-state index contributed by atoms with van der Waals surface area (Å²) >= 11 is 0. The number of guanidine groups is 1. The van der Waals surface area contributed by atoms with Crippen LogP contribution in [0.25, 0.3) is 0 Å². The smallest absolute Gasteiger partial charge is 0.191 e.